The third-order valence-corrected chi connectivity index (χ3v) is 4.06. The van der Waals surface area contributed by atoms with Crippen molar-refractivity contribution in [3.8, 4) is 5.69 Å². The number of amides is 1. The fourth-order valence-corrected chi connectivity index (χ4v) is 2.67. The van der Waals surface area contributed by atoms with Crippen LogP contribution in [0.5, 0.6) is 0 Å². The van der Waals surface area contributed by atoms with Crippen LogP contribution >= 0.6 is 0 Å². The summed E-state index contributed by atoms with van der Waals surface area (Å²) in [5.74, 6) is -0.209. The molecular weight excluding hydrogens is 280 g/mol. The van der Waals surface area contributed by atoms with Gasteiger partial charge in [0.15, 0.2) is 5.69 Å². The molecule has 3 rings (SSSR count). The first-order valence-electron chi connectivity index (χ1n) is 7.60. The minimum Gasteiger partial charge on any atom is -0.393 e. The maximum atomic E-state index is 12.2. The predicted octanol–water partition coefficient (Wildman–Crippen LogP) is 1.61. The molecule has 2 aromatic rings. The molecule has 1 aliphatic carbocycles. The molecule has 1 amide bonds. The fraction of sp³-hybridized carbons (Fsp3) is 0.438. The van der Waals surface area contributed by atoms with Gasteiger partial charge >= 0.3 is 0 Å². The zero-order valence-electron chi connectivity index (χ0n) is 12.6. The van der Waals surface area contributed by atoms with Gasteiger partial charge in [0.05, 0.1) is 18.0 Å². The Morgan fingerprint density at radius 1 is 1.23 bits per heavy atom. The highest BCUT2D eigenvalue weighted by Crippen LogP contribution is 2.18. The number of aryl methyl sites for hydroxylation is 1. The number of hydrogen-bond donors (Lipinski definition) is 2. The normalized spacial score (nSPS) is 21.5. The lowest BCUT2D eigenvalue weighted by Gasteiger charge is -2.25. The average Bonchev–Trinajstić information content (AvgIpc) is 3.00. The van der Waals surface area contributed by atoms with E-state index in [1.54, 1.807) is 10.9 Å². The molecular formula is C16H20N4O2. The molecule has 0 bridgehead atoms. The summed E-state index contributed by atoms with van der Waals surface area (Å²) in [6, 6.07) is 7.97. The fourth-order valence-electron chi connectivity index (χ4n) is 2.67. The standard InChI is InChI=1S/C16H20N4O2/c1-11-2-6-13(7-3-11)20-10-15(18-19-20)16(22)17-12-4-8-14(21)9-5-12/h2-3,6-7,10,12,14,21H,4-5,8-9H2,1H3,(H,17,22). The first kappa shape index (κ1) is 14.7. The number of benzene rings is 1. The van der Waals surface area contributed by atoms with Crippen LogP contribution in [0.1, 0.15) is 41.7 Å². The highest BCUT2D eigenvalue weighted by molar-refractivity contribution is 5.92. The van der Waals surface area contributed by atoms with Crippen molar-refractivity contribution in [1.29, 1.82) is 0 Å². The molecule has 0 radical (unpaired) electrons. The lowest BCUT2D eigenvalue weighted by molar-refractivity contribution is 0.0863. The van der Waals surface area contributed by atoms with Crippen LogP contribution in [-0.4, -0.2) is 38.2 Å². The summed E-state index contributed by atoms with van der Waals surface area (Å²) in [6.07, 6.45) is 4.49. The molecule has 1 aromatic carbocycles. The third kappa shape index (κ3) is 3.33. The number of nitrogens with one attached hydrogen (secondary N) is 1. The SMILES string of the molecule is Cc1ccc(-n2cc(C(=O)NC3CCC(O)CC3)nn2)cc1. The predicted molar refractivity (Wildman–Crippen MR) is 81.8 cm³/mol. The van der Waals surface area contributed by atoms with E-state index in [2.05, 4.69) is 15.6 Å². The molecule has 1 heterocycles. The summed E-state index contributed by atoms with van der Waals surface area (Å²) in [5, 5.41) is 20.4. The summed E-state index contributed by atoms with van der Waals surface area (Å²) in [7, 11) is 0. The molecule has 1 aromatic heterocycles. The molecule has 1 aliphatic rings. The van der Waals surface area contributed by atoms with E-state index < -0.39 is 0 Å². The highest BCUT2D eigenvalue weighted by atomic mass is 16.3. The highest BCUT2D eigenvalue weighted by Gasteiger charge is 2.22. The van der Waals surface area contributed by atoms with Crippen molar-refractivity contribution in [2.45, 2.75) is 44.8 Å². The molecule has 1 fully saturated rings. The summed E-state index contributed by atoms with van der Waals surface area (Å²) in [5.41, 5.74) is 2.35. The van der Waals surface area contributed by atoms with Gasteiger partial charge in [0.25, 0.3) is 5.91 Å². The molecule has 1 saturated carbocycles. The first-order chi connectivity index (χ1) is 10.6. The van der Waals surface area contributed by atoms with Crippen LogP contribution in [0.25, 0.3) is 5.69 Å². The molecule has 22 heavy (non-hydrogen) atoms. The van der Waals surface area contributed by atoms with Crippen molar-refractivity contribution in [3.05, 3.63) is 41.7 Å². The lowest BCUT2D eigenvalue weighted by Crippen LogP contribution is -2.38. The molecule has 0 aliphatic heterocycles. The van der Waals surface area contributed by atoms with Crippen molar-refractivity contribution in [1.82, 2.24) is 20.3 Å². The van der Waals surface area contributed by atoms with Crippen LogP contribution in [0.3, 0.4) is 0 Å². The van der Waals surface area contributed by atoms with E-state index in [1.807, 2.05) is 31.2 Å². The van der Waals surface area contributed by atoms with Crippen LogP contribution in [0.2, 0.25) is 0 Å². The van der Waals surface area contributed by atoms with Gasteiger partial charge in [0.1, 0.15) is 0 Å². The van der Waals surface area contributed by atoms with Gasteiger partial charge in [-0.15, -0.1) is 5.10 Å². The summed E-state index contributed by atoms with van der Waals surface area (Å²) >= 11 is 0. The van der Waals surface area contributed by atoms with Gasteiger partial charge in [0.2, 0.25) is 0 Å². The Labute approximate surface area is 129 Å². The monoisotopic (exact) mass is 300 g/mol. The first-order valence-corrected chi connectivity index (χ1v) is 7.60. The average molecular weight is 300 g/mol. The van der Waals surface area contributed by atoms with Gasteiger partial charge in [-0.1, -0.05) is 22.9 Å². The van der Waals surface area contributed by atoms with Gasteiger partial charge in [-0.2, -0.15) is 0 Å². The Hall–Kier alpha value is -2.21. The van der Waals surface area contributed by atoms with E-state index >= 15 is 0 Å². The van der Waals surface area contributed by atoms with Crippen LogP contribution < -0.4 is 5.32 Å². The second-order valence-electron chi connectivity index (χ2n) is 5.86. The topological polar surface area (TPSA) is 80.0 Å². The maximum absolute atomic E-state index is 12.2. The van der Waals surface area contributed by atoms with E-state index in [0.717, 1.165) is 31.4 Å². The number of hydrogen-bond acceptors (Lipinski definition) is 4. The Balaban J connectivity index is 1.65. The van der Waals surface area contributed by atoms with Crippen LogP contribution in [0.4, 0.5) is 0 Å². The second-order valence-corrected chi connectivity index (χ2v) is 5.86. The molecule has 0 saturated heterocycles. The Morgan fingerprint density at radius 3 is 2.59 bits per heavy atom. The number of aliphatic hydroxyl groups excluding tert-OH is 1. The largest absolute Gasteiger partial charge is 0.393 e. The van der Waals surface area contributed by atoms with Gasteiger partial charge in [-0.25, -0.2) is 4.68 Å². The molecule has 6 nitrogen and oxygen atoms in total. The van der Waals surface area contributed by atoms with Crippen molar-refractivity contribution in [2.24, 2.45) is 0 Å². The van der Waals surface area contributed by atoms with E-state index in [0.29, 0.717) is 5.69 Å². The molecule has 2 N–H and O–H groups in total. The van der Waals surface area contributed by atoms with Gasteiger partial charge in [0, 0.05) is 6.04 Å². The molecule has 0 unspecified atom stereocenters. The summed E-state index contributed by atoms with van der Waals surface area (Å²) in [4.78, 5) is 12.2. The molecule has 116 valence electrons. The van der Waals surface area contributed by atoms with E-state index in [9.17, 15) is 9.90 Å². The number of rotatable bonds is 3. The molecule has 6 heteroatoms. The van der Waals surface area contributed by atoms with Crippen molar-refractivity contribution >= 4 is 5.91 Å². The third-order valence-electron chi connectivity index (χ3n) is 4.06. The minimum atomic E-state index is -0.226. The van der Waals surface area contributed by atoms with Crippen molar-refractivity contribution < 1.29 is 9.90 Å². The Kier molecular flexibility index (Phi) is 4.20. The van der Waals surface area contributed by atoms with E-state index in [-0.39, 0.29) is 18.1 Å². The van der Waals surface area contributed by atoms with E-state index in [1.165, 1.54) is 5.56 Å². The number of carbonyl (C=O) groups excluding carboxylic acids is 1. The zero-order valence-corrected chi connectivity index (χ0v) is 12.6. The Bertz CT molecular complexity index is 642. The molecule has 0 spiro atoms. The van der Waals surface area contributed by atoms with Crippen LogP contribution in [0, 0.1) is 6.92 Å². The number of carbonyl (C=O) groups is 1. The zero-order chi connectivity index (χ0) is 15.5. The van der Waals surface area contributed by atoms with Crippen molar-refractivity contribution in [3.63, 3.8) is 0 Å². The minimum absolute atomic E-state index is 0.112. The van der Waals surface area contributed by atoms with Gasteiger partial charge < -0.3 is 10.4 Å². The maximum Gasteiger partial charge on any atom is 0.273 e. The number of aliphatic hydroxyl groups is 1. The quantitative estimate of drug-likeness (QED) is 0.902. The number of aromatic nitrogens is 3. The second kappa shape index (κ2) is 6.27. The Morgan fingerprint density at radius 2 is 1.91 bits per heavy atom. The lowest BCUT2D eigenvalue weighted by atomic mass is 9.93. The van der Waals surface area contributed by atoms with E-state index in [4.69, 9.17) is 0 Å². The van der Waals surface area contributed by atoms with Gasteiger partial charge in [-0.05, 0) is 44.7 Å². The van der Waals surface area contributed by atoms with Crippen LogP contribution in [-0.2, 0) is 0 Å². The molecule has 0 atom stereocenters. The summed E-state index contributed by atoms with van der Waals surface area (Å²) in [6.45, 7) is 2.02. The van der Waals surface area contributed by atoms with Crippen LogP contribution in [0.15, 0.2) is 30.5 Å². The number of nitrogens with zero attached hydrogens (tertiary/aromatic N) is 3. The van der Waals surface area contributed by atoms with Gasteiger partial charge in [-0.3, -0.25) is 4.79 Å². The summed E-state index contributed by atoms with van der Waals surface area (Å²) < 4.78 is 1.60. The van der Waals surface area contributed by atoms with Crippen molar-refractivity contribution in [2.75, 3.05) is 0 Å². The smallest absolute Gasteiger partial charge is 0.273 e.